The predicted molar refractivity (Wildman–Crippen MR) is 59.5 cm³/mol. The molecule has 2 fully saturated rings. The van der Waals surface area contributed by atoms with Crippen LogP contribution in [0.25, 0.3) is 0 Å². The van der Waals surface area contributed by atoms with Gasteiger partial charge in [-0.1, -0.05) is 0 Å². The minimum atomic E-state index is -1.11. The van der Waals surface area contributed by atoms with Gasteiger partial charge < -0.3 is 20.0 Å². The predicted octanol–water partition coefficient (Wildman–Crippen LogP) is -1.49. The van der Waals surface area contributed by atoms with Crippen molar-refractivity contribution in [2.24, 2.45) is 5.92 Å². The zero-order valence-corrected chi connectivity index (χ0v) is 10.1. The summed E-state index contributed by atoms with van der Waals surface area (Å²) in [5, 5.41) is 18.5. The molecule has 2 heterocycles. The molecular formula is C11H16N2O5. The lowest BCUT2D eigenvalue weighted by molar-refractivity contribution is -0.149. The molecule has 3 atom stereocenters. The number of hydrogen-bond acceptors (Lipinski definition) is 4. The van der Waals surface area contributed by atoms with Gasteiger partial charge in [-0.05, 0) is 0 Å². The standard InChI is InChI=1S/C11H16N2O5/c1-12-4-6(2-9(12)15)10(16)13-5-7(14)3-8(13)11(17)18/h6-8,14H,2-5H2,1H3,(H,17,18)/t6?,7?,8-/m0/s1. The highest BCUT2D eigenvalue weighted by Crippen LogP contribution is 2.25. The van der Waals surface area contributed by atoms with Crippen molar-refractivity contribution in [3.8, 4) is 0 Å². The summed E-state index contributed by atoms with van der Waals surface area (Å²) in [6.07, 6.45) is -0.629. The van der Waals surface area contributed by atoms with Crippen LogP contribution in [0.3, 0.4) is 0 Å². The van der Waals surface area contributed by atoms with Gasteiger partial charge in [0.1, 0.15) is 6.04 Å². The SMILES string of the molecule is CN1CC(C(=O)N2CC(O)C[C@H]2C(=O)O)CC1=O. The van der Waals surface area contributed by atoms with Crippen LogP contribution >= 0.6 is 0 Å². The van der Waals surface area contributed by atoms with E-state index >= 15 is 0 Å². The first kappa shape index (κ1) is 12.8. The lowest BCUT2D eigenvalue weighted by atomic mass is 10.1. The third-order valence-corrected chi connectivity index (χ3v) is 3.54. The number of carbonyl (C=O) groups excluding carboxylic acids is 2. The van der Waals surface area contributed by atoms with Crippen LogP contribution in [0.1, 0.15) is 12.8 Å². The summed E-state index contributed by atoms with van der Waals surface area (Å²) < 4.78 is 0. The molecule has 2 aliphatic heterocycles. The van der Waals surface area contributed by atoms with Crippen molar-refractivity contribution in [3.63, 3.8) is 0 Å². The second kappa shape index (κ2) is 4.56. The molecule has 0 aliphatic carbocycles. The van der Waals surface area contributed by atoms with Gasteiger partial charge in [0.05, 0.1) is 12.0 Å². The molecule has 7 nitrogen and oxygen atoms in total. The lowest BCUT2D eigenvalue weighted by Gasteiger charge is -2.24. The van der Waals surface area contributed by atoms with Crippen LogP contribution in [0.15, 0.2) is 0 Å². The van der Waals surface area contributed by atoms with Gasteiger partial charge >= 0.3 is 5.97 Å². The Kier molecular flexibility index (Phi) is 3.25. The molecule has 7 heteroatoms. The number of carbonyl (C=O) groups is 3. The Morgan fingerprint density at radius 2 is 2.00 bits per heavy atom. The van der Waals surface area contributed by atoms with Crippen LogP contribution in [0.2, 0.25) is 0 Å². The van der Waals surface area contributed by atoms with Crippen LogP contribution < -0.4 is 0 Å². The molecule has 0 saturated carbocycles. The molecular weight excluding hydrogens is 240 g/mol. The number of aliphatic hydroxyl groups is 1. The maximum absolute atomic E-state index is 12.2. The largest absolute Gasteiger partial charge is 0.480 e. The van der Waals surface area contributed by atoms with E-state index in [0.717, 1.165) is 0 Å². The smallest absolute Gasteiger partial charge is 0.326 e. The summed E-state index contributed by atoms with van der Waals surface area (Å²) in [7, 11) is 1.61. The number of aliphatic carboxylic acids is 1. The van der Waals surface area contributed by atoms with Gasteiger partial charge in [-0.25, -0.2) is 4.79 Å². The maximum atomic E-state index is 12.2. The highest BCUT2D eigenvalue weighted by Gasteiger charge is 2.43. The molecule has 100 valence electrons. The van der Waals surface area contributed by atoms with Crippen molar-refractivity contribution in [1.29, 1.82) is 0 Å². The van der Waals surface area contributed by atoms with Crippen molar-refractivity contribution in [2.75, 3.05) is 20.1 Å². The highest BCUT2D eigenvalue weighted by molar-refractivity contribution is 5.91. The summed E-state index contributed by atoms with van der Waals surface area (Å²) in [5.74, 6) is -2.07. The van der Waals surface area contributed by atoms with E-state index in [2.05, 4.69) is 0 Å². The number of amides is 2. The Morgan fingerprint density at radius 1 is 1.33 bits per heavy atom. The van der Waals surface area contributed by atoms with E-state index in [4.69, 9.17) is 5.11 Å². The topological polar surface area (TPSA) is 98.2 Å². The molecule has 2 rings (SSSR count). The second-order valence-electron chi connectivity index (χ2n) is 4.91. The minimum absolute atomic E-state index is 0.0319. The van der Waals surface area contributed by atoms with Gasteiger partial charge in [0.15, 0.2) is 0 Å². The Morgan fingerprint density at radius 3 is 2.50 bits per heavy atom. The van der Waals surface area contributed by atoms with Crippen LogP contribution in [0.5, 0.6) is 0 Å². The fourth-order valence-corrected chi connectivity index (χ4v) is 2.55. The number of aliphatic hydroxyl groups excluding tert-OH is 1. The van der Waals surface area contributed by atoms with Crippen molar-refractivity contribution < 1.29 is 24.6 Å². The van der Waals surface area contributed by atoms with E-state index < -0.39 is 24.0 Å². The van der Waals surface area contributed by atoms with E-state index in [-0.39, 0.29) is 31.2 Å². The average molecular weight is 256 g/mol. The fourth-order valence-electron chi connectivity index (χ4n) is 2.55. The first-order chi connectivity index (χ1) is 8.40. The minimum Gasteiger partial charge on any atom is -0.480 e. The number of hydrogen-bond donors (Lipinski definition) is 2. The van der Waals surface area contributed by atoms with Gasteiger partial charge in [-0.2, -0.15) is 0 Å². The number of β-amino-alcohol motifs (C(OH)–C–C–N with tert-alkyl or cyclic N) is 1. The summed E-state index contributed by atoms with van der Waals surface area (Å²) in [4.78, 5) is 37.2. The Bertz CT molecular complexity index is 397. The molecule has 0 spiro atoms. The average Bonchev–Trinajstić information content (AvgIpc) is 2.82. The highest BCUT2D eigenvalue weighted by atomic mass is 16.4. The molecule has 0 aromatic carbocycles. The molecule has 0 bridgehead atoms. The maximum Gasteiger partial charge on any atom is 0.326 e. The Balaban J connectivity index is 2.09. The molecule has 18 heavy (non-hydrogen) atoms. The summed E-state index contributed by atoms with van der Waals surface area (Å²) in [5.41, 5.74) is 0. The Labute approximate surface area is 104 Å². The number of carboxylic acids is 1. The van der Waals surface area contributed by atoms with Crippen LogP contribution in [-0.4, -0.2) is 70.1 Å². The molecule has 0 aromatic heterocycles. The first-order valence-corrected chi connectivity index (χ1v) is 5.85. The number of rotatable bonds is 2. The third kappa shape index (κ3) is 2.17. The van der Waals surface area contributed by atoms with Gasteiger partial charge in [0.25, 0.3) is 0 Å². The number of likely N-dealkylation sites (tertiary alicyclic amines) is 2. The van der Waals surface area contributed by atoms with E-state index in [1.54, 1.807) is 7.05 Å². The second-order valence-corrected chi connectivity index (χ2v) is 4.91. The van der Waals surface area contributed by atoms with E-state index in [1.165, 1.54) is 9.80 Å². The van der Waals surface area contributed by atoms with E-state index in [1.807, 2.05) is 0 Å². The van der Waals surface area contributed by atoms with Crippen molar-refractivity contribution in [3.05, 3.63) is 0 Å². The molecule has 2 aliphatic rings. The van der Waals surface area contributed by atoms with Gasteiger partial charge in [-0.15, -0.1) is 0 Å². The molecule has 2 amide bonds. The molecule has 2 saturated heterocycles. The summed E-state index contributed by atoms with van der Waals surface area (Å²) >= 11 is 0. The normalized spacial score (nSPS) is 32.1. The van der Waals surface area contributed by atoms with Gasteiger partial charge in [-0.3, -0.25) is 9.59 Å². The quantitative estimate of drug-likeness (QED) is 0.627. The van der Waals surface area contributed by atoms with Crippen molar-refractivity contribution >= 4 is 17.8 Å². The van der Waals surface area contributed by atoms with E-state index in [0.29, 0.717) is 6.54 Å². The van der Waals surface area contributed by atoms with E-state index in [9.17, 15) is 19.5 Å². The van der Waals surface area contributed by atoms with Crippen LogP contribution in [0, 0.1) is 5.92 Å². The summed E-state index contributed by atoms with van der Waals surface area (Å²) in [6, 6.07) is -0.978. The third-order valence-electron chi connectivity index (χ3n) is 3.54. The zero-order valence-electron chi connectivity index (χ0n) is 10.1. The monoisotopic (exact) mass is 256 g/mol. The lowest BCUT2D eigenvalue weighted by Crippen LogP contribution is -2.44. The van der Waals surface area contributed by atoms with Crippen LogP contribution in [-0.2, 0) is 14.4 Å². The molecule has 0 aromatic rings. The summed E-state index contributed by atoms with van der Waals surface area (Å²) in [6.45, 7) is 0.348. The van der Waals surface area contributed by atoms with Gasteiger partial charge in [0, 0.05) is 33.0 Å². The molecule has 0 radical (unpaired) electrons. The number of carboxylic acid groups (broad SMARTS) is 1. The Hall–Kier alpha value is -1.63. The molecule has 2 unspecified atom stereocenters. The van der Waals surface area contributed by atoms with Crippen molar-refractivity contribution in [2.45, 2.75) is 25.0 Å². The van der Waals surface area contributed by atoms with Crippen LogP contribution in [0.4, 0.5) is 0 Å². The number of nitrogens with zero attached hydrogens (tertiary/aromatic N) is 2. The fraction of sp³-hybridized carbons (Fsp3) is 0.727. The van der Waals surface area contributed by atoms with Crippen molar-refractivity contribution in [1.82, 2.24) is 9.80 Å². The molecule has 2 N–H and O–H groups in total. The first-order valence-electron chi connectivity index (χ1n) is 5.85. The zero-order chi connectivity index (χ0) is 13.4. The van der Waals surface area contributed by atoms with Gasteiger partial charge in [0.2, 0.25) is 11.8 Å².